The molecule has 0 bridgehead atoms. The maximum atomic E-state index is 11.8. The molecule has 2 N–H and O–H groups in total. The predicted molar refractivity (Wildman–Crippen MR) is 78.9 cm³/mol. The first kappa shape index (κ1) is 15.8. The fourth-order valence-corrected chi connectivity index (χ4v) is 2.33. The van der Waals surface area contributed by atoms with E-state index in [1.807, 2.05) is 0 Å². The number of amides is 1. The van der Waals surface area contributed by atoms with Crippen LogP contribution in [0.3, 0.4) is 0 Å². The van der Waals surface area contributed by atoms with Gasteiger partial charge < -0.3 is 10.4 Å². The molecular weight excluding hydrogens is 315 g/mol. The third-order valence-corrected chi connectivity index (χ3v) is 3.33. The highest BCUT2D eigenvalue weighted by molar-refractivity contribution is 6.34. The molecule has 1 aromatic carbocycles. The van der Waals surface area contributed by atoms with Gasteiger partial charge in [0.1, 0.15) is 12.2 Å². The molecule has 0 radical (unpaired) electrons. The first-order valence-electron chi connectivity index (χ1n) is 6.19. The van der Waals surface area contributed by atoms with Crippen LogP contribution in [0.5, 0.6) is 0 Å². The zero-order valence-electron chi connectivity index (χ0n) is 11.3. The standard InChI is InChI=1S/C13H14Cl2N4O2/c1-19-12(17-7-18-19)6-16-13(21)5-11(20)8-2-9(14)4-10(15)3-8/h2-4,7,11,20H,5-6H2,1H3,(H,16,21)/t11-/m1/s1. The van der Waals surface area contributed by atoms with Gasteiger partial charge in [0, 0.05) is 17.1 Å². The monoisotopic (exact) mass is 328 g/mol. The maximum absolute atomic E-state index is 11.8. The summed E-state index contributed by atoms with van der Waals surface area (Å²) >= 11 is 11.7. The molecule has 8 heteroatoms. The molecule has 6 nitrogen and oxygen atoms in total. The Balaban J connectivity index is 1.91. The number of aliphatic hydroxyl groups is 1. The SMILES string of the molecule is Cn1ncnc1CNC(=O)C[C@@H](O)c1cc(Cl)cc(Cl)c1. The van der Waals surface area contributed by atoms with Gasteiger partial charge >= 0.3 is 0 Å². The van der Waals surface area contributed by atoms with Crippen LogP contribution in [0, 0.1) is 0 Å². The van der Waals surface area contributed by atoms with E-state index in [1.54, 1.807) is 29.9 Å². The summed E-state index contributed by atoms with van der Waals surface area (Å²) in [5, 5.41) is 17.4. The highest BCUT2D eigenvalue weighted by Gasteiger charge is 2.14. The molecule has 0 fully saturated rings. The summed E-state index contributed by atoms with van der Waals surface area (Å²) in [7, 11) is 1.73. The van der Waals surface area contributed by atoms with Crippen LogP contribution < -0.4 is 5.32 Å². The maximum Gasteiger partial charge on any atom is 0.223 e. The minimum atomic E-state index is -0.972. The predicted octanol–water partition coefficient (Wildman–Crippen LogP) is 1.86. The second-order valence-corrected chi connectivity index (χ2v) is 5.37. The Labute approximate surface area is 131 Å². The Hall–Kier alpha value is -1.63. The number of aryl methyl sites for hydroxylation is 1. The number of halogens is 2. The third kappa shape index (κ3) is 4.42. The van der Waals surface area contributed by atoms with Crippen LogP contribution in [0.2, 0.25) is 10.0 Å². The molecule has 1 aromatic heterocycles. The lowest BCUT2D eigenvalue weighted by Crippen LogP contribution is -2.26. The Morgan fingerprint density at radius 1 is 1.38 bits per heavy atom. The summed E-state index contributed by atoms with van der Waals surface area (Å²) in [6, 6.07) is 4.72. The number of carbonyl (C=O) groups is 1. The van der Waals surface area contributed by atoms with Gasteiger partial charge in [0.05, 0.1) is 19.1 Å². The van der Waals surface area contributed by atoms with E-state index in [-0.39, 0.29) is 18.9 Å². The van der Waals surface area contributed by atoms with Gasteiger partial charge in [-0.2, -0.15) is 5.10 Å². The lowest BCUT2D eigenvalue weighted by Gasteiger charge is -2.12. The average molecular weight is 329 g/mol. The molecule has 2 rings (SSSR count). The van der Waals surface area contributed by atoms with Crippen molar-refractivity contribution in [3.8, 4) is 0 Å². The number of nitrogens with one attached hydrogen (secondary N) is 1. The van der Waals surface area contributed by atoms with E-state index in [0.717, 1.165) is 0 Å². The van der Waals surface area contributed by atoms with Crippen molar-refractivity contribution in [3.05, 3.63) is 46.0 Å². The zero-order valence-corrected chi connectivity index (χ0v) is 12.8. The van der Waals surface area contributed by atoms with Gasteiger partial charge in [0.15, 0.2) is 0 Å². The van der Waals surface area contributed by atoms with Crippen molar-refractivity contribution in [1.29, 1.82) is 0 Å². The number of carbonyl (C=O) groups excluding carboxylic acids is 1. The molecule has 1 heterocycles. The first-order chi connectivity index (χ1) is 9.95. The molecule has 0 saturated carbocycles. The normalized spacial score (nSPS) is 12.2. The molecule has 0 spiro atoms. The van der Waals surface area contributed by atoms with Gasteiger partial charge in [-0.1, -0.05) is 23.2 Å². The summed E-state index contributed by atoms with van der Waals surface area (Å²) in [4.78, 5) is 15.8. The molecule has 2 aromatic rings. The molecule has 0 unspecified atom stereocenters. The molecule has 0 aliphatic carbocycles. The third-order valence-electron chi connectivity index (χ3n) is 2.90. The second kappa shape index (κ2) is 6.89. The second-order valence-electron chi connectivity index (χ2n) is 4.50. The number of rotatable bonds is 5. The summed E-state index contributed by atoms with van der Waals surface area (Å²) < 4.78 is 1.56. The van der Waals surface area contributed by atoms with Crippen molar-refractivity contribution in [2.45, 2.75) is 19.1 Å². The number of hydrogen-bond donors (Lipinski definition) is 2. The zero-order chi connectivity index (χ0) is 15.4. The highest BCUT2D eigenvalue weighted by Crippen LogP contribution is 2.25. The van der Waals surface area contributed by atoms with Crippen LogP contribution >= 0.6 is 23.2 Å². The molecule has 21 heavy (non-hydrogen) atoms. The van der Waals surface area contributed by atoms with Crippen LogP contribution in [-0.2, 0) is 18.4 Å². The Kier molecular flexibility index (Phi) is 5.17. The van der Waals surface area contributed by atoms with E-state index in [1.165, 1.54) is 6.33 Å². The fourth-order valence-electron chi connectivity index (χ4n) is 1.79. The van der Waals surface area contributed by atoms with Crippen molar-refractivity contribution in [3.63, 3.8) is 0 Å². The smallest absolute Gasteiger partial charge is 0.223 e. The van der Waals surface area contributed by atoms with Crippen LogP contribution in [0.4, 0.5) is 0 Å². The van der Waals surface area contributed by atoms with Crippen LogP contribution in [0.25, 0.3) is 0 Å². The molecule has 0 aliphatic heterocycles. The molecule has 112 valence electrons. The van der Waals surface area contributed by atoms with E-state index in [9.17, 15) is 9.90 Å². The Bertz CT molecular complexity index is 625. The van der Waals surface area contributed by atoms with Gasteiger partial charge in [-0.05, 0) is 23.8 Å². The first-order valence-corrected chi connectivity index (χ1v) is 6.95. The lowest BCUT2D eigenvalue weighted by molar-refractivity contribution is -0.123. The van der Waals surface area contributed by atoms with E-state index >= 15 is 0 Å². The van der Waals surface area contributed by atoms with Crippen molar-refractivity contribution >= 4 is 29.1 Å². The summed E-state index contributed by atoms with van der Waals surface area (Å²) in [6.45, 7) is 0.248. The van der Waals surface area contributed by atoms with Crippen molar-refractivity contribution in [2.75, 3.05) is 0 Å². The molecule has 1 atom stereocenters. The Morgan fingerprint density at radius 3 is 2.62 bits per heavy atom. The number of benzene rings is 1. The number of hydrogen-bond acceptors (Lipinski definition) is 4. The molecule has 1 amide bonds. The van der Waals surface area contributed by atoms with Crippen molar-refractivity contribution < 1.29 is 9.90 Å². The number of nitrogens with zero attached hydrogens (tertiary/aromatic N) is 3. The number of aliphatic hydroxyl groups excluding tert-OH is 1. The molecule has 0 aliphatic rings. The minimum Gasteiger partial charge on any atom is -0.388 e. The van der Waals surface area contributed by atoms with Gasteiger partial charge in [-0.25, -0.2) is 4.98 Å². The van der Waals surface area contributed by atoms with Gasteiger partial charge in [-0.15, -0.1) is 0 Å². The fraction of sp³-hybridized carbons (Fsp3) is 0.308. The summed E-state index contributed by atoms with van der Waals surface area (Å²) in [6.07, 6.45) is 0.347. The van der Waals surface area contributed by atoms with Crippen LogP contribution in [0.15, 0.2) is 24.5 Å². The largest absolute Gasteiger partial charge is 0.388 e. The molecular formula is C13H14Cl2N4O2. The molecule has 0 saturated heterocycles. The topological polar surface area (TPSA) is 80.0 Å². The average Bonchev–Trinajstić information content (AvgIpc) is 2.80. The lowest BCUT2D eigenvalue weighted by atomic mass is 10.1. The Morgan fingerprint density at radius 2 is 2.05 bits per heavy atom. The minimum absolute atomic E-state index is 0.0888. The van der Waals surface area contributed by atoms with E-state index in [4.69, 9.17) is 23.2 Å². The van der Waals surface area contributed by atoms with Gasteiger partial charge in [-0.3, -0.25) is 9.48 Å². The summed E-state index contributed by atoms with van der Waals surface area (Å²) in [5.41, 5.74) is 0.501. The van der Waals surface area contributed by atoms with E-state index in [0.29, 0.717) is 21.4 Å². The van der Waals surface area contributed by atoms with Crippen LogP contribution in [0.1, 0.15) is 23.9 Å². The van der Waals surface area contributed by atoms with Crippen molar-refractivity contribution in [2.24, 2.45) is 7.05 Å². The van der Waals surface area contributed by atoms with Crippen molar-refractivity contribution in [1.82, 2.24) is 20.1 Å². The van der Waals surface area contributed by atoms with Gasteiger partial charge in [0.25, 0.3) is 0 Å². The quantitative estimate of drug-likeness (QED) is 0.877. The van der Waals surface area contributed by atoms with E-state index in [2.05, 4.69) is 15.4 Å². The number of aromatic nitrogens is 3. The highest BCUT2D eigenvalue weighted by atomic mass is 35.5. The van der Waals surface area contributed by atoms with E-state index < -0.39 is 6.10 Å². The summed E-state index contributed by atoms with van der Waals surface area (Å²) in [5.74, 6) is 0.324. The van der Waals surface area contributed by atoms with Crippen LogP contribution in [-0.4, -0.2) is 25.8 Å². The van der Waals surface area contributed by atoms with Gasteiger partial charge in [0.2, 0.25) is 5.91 Å².